The zero-order chi connectivity index (χ0) is 19.3. The van der Waals surface area contributed by atoms with E-state index in [4.69, 9.17) is 9.84 Å². The molecule has 146 valence electrons. The van der Waals surface area contributed by atoms with Crippen LogP contribution in [0.2, 0.25) is 0 Å². The van der Waals surface area contributed by atoms with E-state index in [9.17, 15) is 4.79 Å². The van der Waals surface area contributed by atoms with E-state index in [2.05, 4.69) is 20.6 Å². The molecule has 0 saturated carbocycles. The summed E-state index contributed by atoms with van der Waals surface area (Å²) in [6.45, 7) is 2.94. The number of benzene rings is 1. The summed E-state index contributed by atoms with van der Waals surface area (Å²) < 4.78 is 7.15. The summed E-state index contributed by atoms with van der Waals surface area (Å²) in [4.78, 5) is 21.3. The quantitative estimate of drug-likeness (QED) is 0.641. The number of carbonyl (C=O) groups excluding carboxylic acids is 1. The Morgan fingerprint density at radius 3 is 3.00 bits per heavy atom. The minimum absolute atomic E-state index is 0.0488. The van der Waals surface area contributed by atoms with Crippen molar-refractivity contribution in [2.45, 2.75) is 25.3 Å². The van der Waals surface area contributed by atoms with Crippen molar-refractivity contribution in [3.05, 3.63) is 47.9 Å². The third-order valence-corrected chi connectivity index (χ3v) is 5.03. The van der Waals surface area contributed by atoms with Crippen molar-refractivity contribution in [3.8, 4) is 5.75 Å². The van der Waals surface area contributed by atoms with Crippen LogP contribution in [0.1, 0.15) is 23.6 Å². The summed E-state index contributed by atoms with van der Waals surface area (Å²) in [5.41, 5.74) is 3.49. The first-order valence-corrected chi connectivity index (χ1v) is 9.53. The van der Waals surface area contributed by atoms with Gasteiger partial charge in [0.2, 0.25) is 5.91 Å². The summed E-state index contributed by atoms with van der Waals surface area (Å²) in [6.07, 6.45) is 4.72. The number of amides is 1. The molecule has 3 heterocycles. The minimum atomic E-state index is -0.0488. The van der Waals surface area contributed by atoms with Crippen LogP contribution in [-0.2, 0) is 17.8 Å². The highest BCUT2D eigenvalue weighted by atomic mass is 16.5. The number of fused-ring (bicyclic) bond motifs is 1. The molecule has 8 nitrogen and oxygen atoms in total. The highest BCUT2D eigenvalue weighted by Crippen LogP contribution is 2.26. The SMILES string of the molecule is COc1ccccc1CC(=O)NCCn1nc([C@@H]2CCNC2)c2nccnc21. The molecule has 4 rings (SSSR count). The number of ether oxygens (including phenoxy) is 1. The van der Waals surface area contributed by atoms with E-state index in [0.29, 0.717) is 19.0 Å². The van der Waals surface area contributed by atoms with Gasteiger partial charge in [0.25, 0.3) is 0 Å². The number of carbonyl (C=O) groups is 1. The van der Waals surface area contributed by atoms with Gasteiger partial charge in [-0.3, -0.25) is 4.79 Å². The highest BCUT2D eigenvalue weighted by Gasteiger charge is 2.24. The zero-order valence-corrected chi connectivity index (χ0v) is 15.9. The predicted molar refractivity (Wildman–Crippen MR) is 105 cm³/mol. The number of rotatable bonds is 7. The topological polar surface area (TPSA) is 94.0 Å². The molecule has 28 heavy (non-hydrogen) atoms. The molecule has 0 spiro atoms. The van der Waals surface area contributed by atoms with Crippen molar-refractivity contribution in [2.75, 3.05) is 26.7 Å². The van der Waals surface area contributed by atoms with Gasteiger partial charge in [-0.05, 0) is 19.0 Å². The van der Waals surface area contributed by atoms with Crippen LogP contribution in [-0.4, -0.2) is 52.4 Å². The van der Waals surface area contributed by atoms with Gasteiger partial charge in [-0.2, -0.15) is 5.10 Å². The van der Waals surface area contributed by atoms with Gasteiger partial charge in [-0.25, -0.2) is 14.6 Å². The Labute approximate surface area is 163 Å². The van der Waals surface area contributed by atoms with Crippen molar-refractivity contribution >= 4 is 17.1 Å². The molecule has 2 aromatic heterocycles. The lowest BCUT2D eigenvalue weighted by Gasteiger charge is -2.09. The first-order chi connectivity index (χ1) is 13.8. The maximum absolute atomic E-state index is 12.3. The number of hydrogen-bond donors (Lipinski definition) is 2. The van der Waals surface area contributed by atoms with Crippen LogP contribution in [0.15, 0.2) is 36.7 Å². The average molecular weight is 380 g/mol. The molecule has 0 aliphatic carbocycles. The van der Waals surface area contributed by atoms with E-state index >= 15 is 0 Å². The van der Waals surface area contributed by atoms with Crippen molar-refractivity contribution in [3.63, 3.8) is 0 Å². The number of hydrogen-bond acceptors (Lipinski definition) is 6. The number of aromatic nitrogens is 4. The molecular weight excluding hydrogens is 356 g/mol. The second-order valence-electron chi connectivity index (χ2n) is 6.87. The van der Waals surface area contributed by atoms with E-state index in [1.165, 1.54) is 0 Å². The molecule has 1 fully saturated rings. The molecule has 1 aromatic carbocycles. The molecule has 0 bridgehead atoms. The Morgan fingerprint density at radius 2 is 2.18 bits per heavy atom. The van der Waals surface area contributed by atoms with Crippen LogP contribution in [0.25, 0.3) is 11.2 Å². The maximum Gasteiger partial charge on any atom is 0.224 e. The predicted octanol–water partition coefficient (Wildman–Crippen LogP) is 1.27. The summed E-state index contributed by atoms with van der Waals surface area (Å²) in [6, 6.07) is 7.55. The number of nitrogens with zero attached hydrogens (tertiary/aromatic N) is 4. The lowest BCUT2D eigenvalue weighted by atomic mass is 10.0. The third kappa shape index (κ3) is 3.82. The Balaban J connectivity index is 1.41. The van der Waals surface area contributed by atoms with Crippen LogP contribution in [0.5, 0.6) is 5.75 Å². The minimum Gasteiger partial charge on any atom is -0.496 e. The van der Waals surface area contributed by atoms with Crippen LogP contribution in [0, 0.1) is 0 Å². The summed E-state index contributed by atoms with van der Waals surface area (Å²) in [7, 11) is 1.61. The lowest BCUT2D eigenvalue weighted by molar-refractivity contribution is -0.120. The number of methoxy groups -OCH3 is 1. The van der Waals surface area contributed by atoms with Crippen molar-refractivity contribution < 1.29 is 9.53 Å². The van der Waals surface area contributed by atoms with Crippen LogP contribution >= 0.6 is 0 Å². The van der Waals surface area contributed by atoms with E-state index in [1.807, 2.05) is 28.9 Å². The maximum atomic E-state index is 12.3. The molecule has 8 heteroatoms. The van der Waals surface area contributed by atoms with E-state index in [1.54, 1.807) is 19.5 Å². The monoisotopic (exact) mass is 380 g/mol. The molecule has 0 unspecified atom stereocenters. The number of nitrogens with one attached hydrogen (secondary N) is 2. The highest BCUT2D eigenvalue weighted by molar-refractivity contribution is 5.79. The van der Waals surface area contributed by atoms with Gasteiger partial charge in [0.15, 0.2) is 5.65 Å². The standard InChI is InChI=1S/C20H24N6O2/c1-28-16-5-3-2-4-14(16)12-17(27)22-10-11-26-20-19(23-8-9-24-20)18(25-26)15-6-7-21-13-15/h2-5,8-9,15,21H,6-7,10-13H2,1H3,(H,22,27)/t15-/m1/s1. The molecule has 1 atom stereocenters. The summed E-state index contributed by atoms with van der Waals surface area (Å²) in [5, 5.41) is 11.1. The van der Waals surface area contributed by atoms with Crippen LogP contribution in [0.3, 0.4) is 0 Å². The van der Waals surface area contributed by atoms with Gasteiger partial charge >= 0.3 is 0 Å². The lowest BCUT2D eigenvalue weighted by Crippen LogP contribution is -2.29. The third-order valence-electron chi connectivity index (χ3n) is 5.03. The van der Waals surface area contributed by atoms with Gasteiger partial charge in [-0.1, -0.05) is 18.2 Å². The van der Waals surface area contributed by atoms with Crippen molar-refractivity contribution in [1.82, 2.24) is 30.4 Å². The fourth-order valence-corrected chi connectivity index (χ4v) is 3.63. The van der Waals surface area contributed by atoms with Gasteiger partial charge in [0, 0.05) is 37.0 Å². The zero-order valence-electron chi connectivity index (χ0n) is 15.9. The smallest absolute Gasteiger partial charge is 0.224 e. The van der Waals surface area contributed by atoms with E-state index < -0.39 is 0 Å². The molecule has 3 aromatic rings. The second-order valence-corrected chi connectivity index (χ2v) is 6.87. The fraction of sp³-hybridized carbons (Fsp3) is 0.400. The average Bonchev–Trinajstić information content (AvgIpc) is 3.37. The normalized spacial score (nSPS) is 16.4. The fourth-order valence-electron chi connectivity index (χ4n) is 3.63. The Hall–Kier alpha value is -3.00. The molecule has 1 aliphatic heterocycles. The number of para-hydroxylation sites is 1. The Bertz CT molecular complexity index is 964. The van der Waals surface area contributed by atoms with Gasteiger partial charge in [0.05, 0.1) is 25.8 Å². The van der Waals surface area contributed by atoms with E-state index in [0.717, 1.165) is 47.7 Å². The van der Waals surface area contributed by atoms with Crippen LogP contribution < -0.4 is 15.4 Å². The molecule has 1 amide bonds. The molecule has 1 saturated heterocycles. The van der Waals surface area contributed by atoms with Gasteiger partial charge in [0.1, 0.15) is 11.3 Å². The Morgan fingerprint density at radius 1 is 1.32 bits per heavy atom. The molecule has 1 aliphatic rings. The van der Waals surface area contributed by atoms with Crippen LogP contribution in [0.4, 0.5) is 0 Å². The molecule has 2 N–H and O–H groups in total. The second kappa shape index (κ2) is 8.35. The molecular formula is C20H24N6O2. The van der Waals surface area contributed by atoms with Gasteiger partial charge < -0.3 is 15.4 Å². The van der Waals surface area contributed by atoms with Crippen molar-refractivity contribution in [1.29, 1.82) is 0 Å². The van der Waals surface area contributed by atoms with Crippen molar-refractivity contribution in [2.24, 2.45) is 0 Å². The molecule has 0 radical (unpaired) electrons. The largest absolute Gasteiger partial charge is 0.496 e. The summed E-state index contributed by atoms with van der Waals surface area (Å²) >= 11 is 0. The van der Waals surface area contributed by atoms with E-state index in [-0.39, 0.29) is 12.3 Å². The van der Waals surface area contributed by atoms with Gasteiger partial charge in [-0.15, -0.1) is 0 Å². The Kier molecular flexibility index (Phi) is 5.48. The summed E-state index contributed by atoms with van der Waals surface area (Å²) in [5.74, 6) is 1.04. The first kappa shape index (κ1) is 18.4. The first-order valence-electron chi connectivity index (χ1n) is 9.53.